The minimum Gasteiger partial charge on any atom is -0.449 e. The molecule has 4 rings (SSSR count). The lowest BCUT2D eigenvalue weighted by molar-refractivity contribution is -0.160. The first kappa shape index (κ1) is 24.9. The number of rotatable bonds is 8. The molecule has 3 atom stereocenters. The van der Waals surface area contributed by atoms with Crippen LogP contribution in [0.5, 0.6) is 0 Å². The van der Waals surface area contributed by atoms with Crippen LogP contribution < -0.4 is 5.32 Å². The first-order valence-electron chi connectivity index (χ1n) is 12.2. The number of aliphatic hydroxyl groups is 1. The largest absolute Gasteiger partial charge is 0.449 e. The summed E-state index contributed by atoms with van der Waals surface area (Å²) in [6, 6.07) is 5.37. The molecule has 2 aliphatic rings. The molecule has 2 N–H and O–H groups in total. The van der Waals surface area contributed by atoms with Crippen LogP contribution >= 0.6 is 0 Å². The predicted molar refractivity (Wildman–Crippen MR) is 128 cm³/mol. The number of benzene rings is 1. The minimum absolute atomic E-state index is 0.0939. The van der Waals surface area contributed by atoms with E-state index in [1.165, 1.54) is 27.2 Å². The summed E-state index contributed by atoms with van der Waals surface area (Å²) in [5.41, 5.74) is 2.64. The molecule has 1 aliphatic heterocycles. The highest BCUT2D eigenvalue weighted by Crippen LogP contribution is 2.35. The van der Waals surface area contributed by atoms with Crippen LogP contribution in [0.25, 0.3) is 0 Å². The summed E-state index contributed by atoms with van der Waals surface area (Å²) in [6.07, 6.45) is 3.14. The van der Waals surface area contributed by atoms with E-state index in [4.69, 9.17) is 4.42 Å². The summed E-state index contributed by atoms with van der Waals surface area (Å²) in [5.74, 6) is -0.599. The van der Waals surface area contributed by atoms with Gasteiger partial charge in [-0.15, -0.1) is 0 Å². The summed E-state index contributed by atoms with van der Waals surface area (Å²) < 4.78 is 5.40. The third-order valence-electron chi connectivity index (χ3n) is 6.95. The number of oxazole rings is 1. The summed E-state index contributed by atoms with van der Waals surface area (Å²) in [7, 11) is 1.57. The van der Waals surface area contributed by atoms with E-state index in [1.807, 2.05) is 26.0 Å². The second kappa shape index (κ2) is 10.2. The molecule has 9 heteroatoms. The Kier molecular flexibility index (Phi) is 7.25. The van der Waals surface area contributed by atoms with Crippen LogP contribution in [0.3, 0.4) is 0 Å². The van der Waals surface area contributed by atoms with Gasteiger partial charge in [0.1, 0.15) is 24.0 Å². The van der Waals surface area contributed by atoms with Gasteiger partial charge < -0.3 is 24.6 Å². The molecule has 1 fully saturated rings. The Hall–Kier alpha value is -3.20. The van der Waals surface area contributed by atoms with Gasteiger partial charge in [-0.05, 0) is 42.2 Å². The zero-order valence-corrected chi connectivity index (χ0v) is 20.7. The molecule has 0 unspecified atom stereocenters. The SMILES string of the molecule is Cc1nc([C@H](C(=O)N(C)CCO)N2C(=O)[C@@H](C3Cc4ccccc4C3)NC(=O)[C@H]2CC(C)C)co1. The lowest BCUT2D eigenvalue weighted by Crippen LogP contribution is -2.67. The van der Waals surface area contributed by atoms with Gasteiger partial charge in [0, 0.05) is 20.5 Å². The number of aliphatic hydroxyl groups excluding tert-OH is 1. The molecule has 2 aromatic rings. The number of aryl methyl sites for hydroxylation is 1. The highest BCUT2D eigenvalue weighted by atomic mass is 16.3. The van der Waals surface area contributed by atoms with Crippen LogP contribution in [0, 0.1) is 18.8 Å². The molecule has 9 nitrogen and oxygen atoms in total. The van der Waals surface area contributed by atoms with E-state index in [9.17, 15) is 19.5 Å². The number of carbonyl (C=O) groups is 3. The molecule has 0 bridgehead atoms. The number of piperazine rings is 1. The Labute approximate surface area is 205 Å². The van der Waals surface area contributed by atoms with Crippen molar-refractivity contribution in [2.24, 2.45) is 11.8 Å². The second-order valence-electron chi connectivity index (χ2n) is 9.99. The molecule has 2 heterocycles. The van der Waals surface area contributed by atoms with Crippen LogP contribution in [0.2, 0.25) is 0 Å². The zero-order chi connectivity index (χ0) is 25.3. The van der Waals surface area contributed by atoms with Gasteiger partial charge in [-0.3, -0.25) is 14.4 Å². The van der Waals surface area contributed by atoms with E-state index in [0.717, 1.165) is 0 Å². The van der Waals surface area contributed by atoms with Gasteiger partial charge in [-0.1, -0.05) is 38.1 Å². The van der Waals surface area contributed by atoms with E-state index in [2.05, 4.69) is 22.4 Å². The third kappa shape index (κ3) is 4.96. The number of nitrogens with zero attached hydrogens (tertiary/aromatic N) is 3. The van der Waals surface area contributed by atoms with Crippen molar-refractivity contribution in [3.63, 3.8) is 0 Å². The van der Waals surface area contributed by atoms with Crippen molar-refractivity contribution in [2.75, 3.05) is 20.2 Å². The summed E-state index contributed by atoms with van der Waals surface area (Å²) in [5, 5.41) is 12.4. The second-order valence-corrected chi connectivity index (χ2v) is 9.99. The number of aromatic nitrogens is 1. The van der Waals surface area contributed by atoms with E-state index in [0.29, 0.717) is 25.2 Å². The van der Waals surface area contributed by atoms with Gasteiger partial charge in [0.25, 0.3) is 5.91 Å². The molecule has 1 saturated heterocycles. The lowest BCUT2D eigenvalue weighted by atomic mass is 9.88. The normalized spacial score (nSPS) is 21.3. The van der Waals surface area contributed by atoms with Crippen LogP contribution in [-0.2, 0) is 27.2 Å². The van der Waals surface area contributed by atoms with Gasteiger partial charge in [0.2, 0.25) is 11.8 Å². The van der Waals surface area contributed by atoms with Gasteiger partial charge >= 0.3 is 0 Å². The molecule has 0 saturated carbocycles. The van der Waals surface area contributed by atoms with Crippen molar-refractivity contribution in [3.05, 3.63) is 53.2 Å². The van der Waals surface area contributed by atoms with Gasteiger partial charge in [0.05, 0.1) is 6.61 Å². The van der Waals surface area contributed by atoms with Crippen LogP contribution in [0.1, 0.15) is 49.0 Å². The zero-order valence-electron chi connectivity index (χ0n) is 20.7. The number of amides is 3. The first-order valence-corrected chi connectivity index (χ1v) is 12.2. The number of likely N-dealkylation sites (N-methyl/N-ethyl adjacent to an activating group) is 1. The Morgan fingerprint density at radius 3 is 2.46 bits per heavy atom. The smallest absolute Gasteiger partial charge is 0.251 e. The molecule has 1 aromatic heterocycles. The standard InChI is InChI=1S/C26H34N4O5/c1-15(2)11-21-24(32)28-22(19-12-17-7-5-6-8-18(17)13-19)25(33)30(21)23(20-14-35-16(3)27-20)26(34)29(4)9-10-31/h5-8,14-15,19,21-23,31H,9-13H2,1-4H3,(H,28,32)/t21-,22-,23-/m1/s1. The maximum absolute atomic E-state index is 14.1. The van der Waals surface area contributed by atoms with E-state index in [1.54, 1.807) is 14.0 Å². The predicted octanol–water partition coefficient (Wildman–Crippen LogP) is 1.63. The monoisotopic (exact) mass is 482 g/mol. The Balaban J connectivity index is 1.74. The minimum atomic E-state index is -1.13. The fourth-order valence-electron chi connectivity index (χ4n) is 5.24. The molecule has 35 heavy (non-hydrogen) atoms. The summed E-state index contributed by atoms with van der Waals surface area (Å²) in [6.45, 7) is 5.49. The number of carbonyl (C=O) groups excluding carboxylic acids is 3. The molecule has 1 aromatic carbocycles. The van der Waals surface area contributed by atoms with Crippen molar-refractivity contribution in [2.45, 2.75) is 58.2 Å². The Morgan fingerprint density at radius 1 is 1.26 bits per heavy atom. The first-order chi connectivity index (χ1) is 16.7. The molecule has 3 amide bonds. The van der Waals surface area contributed by atoms with Gasteiger partial charge in [0.15, 0.2) is 11.9 Å². The Bertz CT molecular complexity index is 1070. The van der Waals surface area contributed by atoms with Crippen molar-refractivity contribution in [1.82, 2.24) is 20.1 Å². The van der Waals surface area contributed by atoms with Crippen LogP contribution in [-0.4, -0.2) is 69.9 Å². The molecule has 188 valence electrons. The molecular formula is C26H34N4O5. The van der Waals surface area contributed by atoms with Crippen molar-refractivity contribution < 1.29 is 23.9 Å². The van der Waals surface area contributed by atoms with E-state index >= 15 is 0 Å². The van der Waals surface area contributed by atoms with Crippen molar-refractivity contribution in [3.8, 4) is 0 Å². The third-order valence-corrected chi connectivity index (χ3v) is 6.95. The number of nitrogens with one attached hydrogen (secondary N) is 1. The highest BCUT2D eigenvalue weighted by Gasteiger charge is 2.50. The maximum atomic E-state index is 14.1. The molecule has 0 radical (unpaired) electrons. The number of hydrogen-bond donors (Lipinski definition) is 2. The van der Waals surface area contributed by atoms with Gasteiger partial charge in [-0.25, -0.2) is 4.98 Å². The fraction of sp³-hybridized carbons (Fsp3) is 0.538. The summed E-state index contributed by atoms with van der Waals surface area (Å²) in [4.78, 5) is 48.4. The van der Waals surface area contributed by atoms with E-state index in [-0.39, 0.29) is 42.5 Å². The highest BCUT2D eigenvalue weighted by molar-refractivity contribution is 6.00. The van der Waals surface area contributed by atoms with Crippen molar-refractivity contribution >= 4 is 17.7 Å². The van der Waals surface area contributed by atoms with Crippen molar-refractivity contribution in [1.29, 1.82) is 0 Å². The average molecular weight is 483 g/mol. The molecule has 1 aliphatic carbocycles. The maximum Gasteiger partial charge on any atom is 0.251 e. The quantitative estimate of drug-likeness (QED) is 0.591. The van der Waals surface area contributed by atoms with E-state index < -0.39 is 24.0 Å². The molecular weight excluding hydrogens is 448 g/mol. The summed E-state index contributed by atoms with van der Waals surface area (Å²) >= 11 is 0. The average Bonchev–Trinajstić information content (AvgIpc) is 3.44. The molecule has 0 spiro atoms. The Morgan fingerprint density at radius 2 is 1.91 bits per heavy atom. The van der Waals surface area contributed by atoms with Gasteiger partial charge in [-0.2, -0.15) is 0 Å². The van der Waals surface area contributed by atoms with Crippen LogP contribution in [0.15, 0.2) is 34.9 Å². The fourth-order valence-corrected chi connectivity index (χ4v) is 5.24. The number of hydrogen-bond acceptors (Lipinski definition) is 6. The topological polar surface area (TPSA) is 116 Å². The lowest BCUT2D eigenvalue weighted by Gasteiger charge is -2.44. The number of fused-ring (bicyclic) bond motifs is 1. The van der Waals surface area contributed by atoms with Crippen LogP contribution in [0.4, 0.5) is 0 Å².